The quantitative estimate of drug-likeness (QED) is 0.134. The number of ketones is 1. The maximum absolute atomic E-state index is 14.0. The van der Waals surface area contributed by atoms with Crippen LogP contribution in [0.4, 0.5) is 4.39 Å². The number of hydrogen-bond donors (Lipinski definition) is 1. The summed E-state index contributed by atoms with van der Waals surface area (Å²) in [7, 11) is 0. The molecule has 2 aliphatic rings. The van der Waals surface area contributed by atoms with Gasteiger partial charge in [0, 0.05) is 25.8 Å². The van der Waals surface area contributed by atoms with Crippen molar-refractivity contribution >= 4 is 28.7 Å². The molecule has 2 aromatic carbocycles. The summed E-state index contributed by atoms with van der Waals surface area (Å²) in [4.78, 5) is 46.3. The molecule has 0 bridgehead atoms. The van der Waals surface area contributed by atoms with Crippen LogP contribution in [0.2, 0.25) is 0 Å². The van der Waals surface area contributed by atoms with Crippen molar-refractivity contribution in [3.05, 3.63) is 71.6 Å². The molecule has 1 aliphatic heterocycles. The molecule has 5 rings (SSSR count). The predicted molar refractivity (Wildman–Crippen MR) is 175 cm³/mol. The van der Waals surface area contributed by atoms with E-state index in [2.05, 4.69) is 18.0 Å². The van der Waals surface area contributed by atoms with E-state index in [-0.39, 0.29) is 49.2 Å². The van der Waals surface area contributed by atoms with Crippen LogP contribution in [0, 0.1) is 24.1 Å². The first-order valence-corrected chi connectivity index (χ1v) is 16.8. The Labute approximate surface area is 270 Å². The normalized spacial score (nSPS) is 22.5. The van der Waals surface area contributed by atoms with Crippen LogP contribution in [0.15, 0.2) is 54.6 Å². The summed E-state index contributed by atoms with van der Waals surface area (Å²) in [6.07, 6.45) is 9.95. The van der Waals surface area contributed by atoms with Crippen LogP contribution in [0.3, 0.4) is 0 Å². The number of allylic oxidation sites excluding steroid dienone is 2. The van der Waals surface area contributed by atoms with Gasteiger partial charge in [-0.25, -0.2) is 4.39 Å². The molecule has 46 heavy (non-hydrogen) atoms. The fourth-order valence-corrected chi connectivity index (χ4v) is 6.90. The van der Waals surface area contributed by atoms with Gasteiger partial charge in [-0.05, 0) is 80.8 Å². The molecule has 1 aliphatic carbocycles. The number of carbonyl (C=O) groups excluding carboxylic acids is 2. The molecule has 0 unspecified atom stereocenters. The van der Waals surface area contributed by atoms with Gasteiger partial charge in [-0.2, -0.15) is 4.98 Å². The molecule has 0 radical (unpaired) electrons. The Bertz CT molecular complexity index is 1580. The van der Waals surface area contributed by atoms with Crippen molar-refractivity contribution < 1.29 is 28.6 Å². The van der Waals surface area contributed by atoms with Gasteiger partial charge in [0.25, 0.3) is 6.01 Å². The molecule has 1 saturated carbocycles. The molecule has 1 aromatic heterocycles. The van der Waals surface area contributed by atoms with Crippen molar-refractivity contribution in [3.63, 3.8) is 0 Å². The van der Waals surface area contributed by atoms with Crippen molar-refractivity contribution in [1.29, 1.82) is 0 Å². The summed E-state index contributed by atoms with van der Waals surface area (Å²) in [6, 6.07) is 12.1. The number of carbonyl (C=O) groups is 3. The summed E-state index contributed by atoms with van der Waals surface area (Å²) >= 11 is 0. The smallest absolute Gasteiger partial charge is 0.310 e. The Kier molecular flexibility index (Phi) is 10.6. The molecule has 1 N–H and O–H groups in total. The van der Waals surface area contributed by atoms with Crippen LogP contribution in [0.5, 0.6) is 6.01 Å². The van der Waals surface area contributed by atoms with E-state index in [0.717, 1.165) is 42.3 Å². The second kappa shape index (κ2) is 14.6. The number of hydrogen-bond acceptors (Lipinski definition) is 5. The number of halogens is 1. The van der Waals surface area contributed by atoms with Crippen molar-refractivity contribution in [2.45, 2.75) is 104 Å². The van der Waals surface area contributed by atoms with Crippen molar-refractivity contribution in [2.75, 3.05) is 6.54 Å². The fourth-order valence-electron chi connectivity index (χ4n) is 6.90. The molecule has 3 aromatic rings. The maximum Gasteiger partial charge on any atom is 0.310 e. The number of aryl methyl sites for hydroxylation is 3. The number of fused-ring (bicyclic) bond motifs is 1. The number of unbranched alkanes of at least 4 members (excludes halogenated alkanes) is 4. The summed E-state index contributed by atoms with van der Waals surface area (Å²) in [6.45, 7) is 6.79. The Hall–Kier alpha value is -4.01. The predicted octanol–water partition coefficient (Wildman–Crippen LogP) is 7.06. The molecular formula is C37H46FN3O5. The number of nitrogens with zero attached hydrogens (tertiary/aromatic N) is 3. The summed E-state index contributed by atoms with van der Waals surface area (Å²) in [5.41, 5.74) is 2.08. The first kappa shape index (κ1) is 33.4. The number of benzene rings is 2. The standard InChI is InChI=1S/C37H46FN3O5/c1-4-6-7-8-9-10-13-27-22-37(27,35(44)45)23-33(42)32-21-29(46-36-39-30-14-11-12-15-31(30)40(36)5-2)24-41(32)34(43)17-16-26-18-25(3)19-28(38)20-26/h10-15,18-20,27,29,32H,4-9,16-17,21-24H2,1-3H3,(H,44,45)/b13-10-/t27-,29-,32+,37-/m1/s1. The molecule has 9 heteroatoms. The minimum atomic E-state index is -1.14. The highest BCUT2D eigenvalue weighted by molar-refractivity contribution is 5.94. The Morgan fingerprint density at radius 3 is 2.67 bits per heavy atom. The lowest BCUT2D eigenvalue weighted by Gasteiger charge is -2.24. The van der Waals surface area contributed by atoms with E-state index in [9.17, 15) is 23.9 Å². The van der Waals surface area contributed by atoms with Gasteiger partial charge in [0.2, 0.25) is 5.91 Å². The topological polar surface area (TPSA) is 102 Å². The highest BCUT2D eigenvalue weighted by atomic mass is 19.1. The summed E-state index contributed by atoms with van der Waals surface area (Å²) in [5, 5.41) is 10.2. The fraction of sp³-hybridized carbons (Fsp3) is 0.514. The SMILES string of the molecule is CCCCCC/C=C\[C@@H]1C[C@]1(CC(=O)[C@@H]1C[C@@H](Oc2nc3ccccc3n2CC)CN1C(=O)CCc1cc(C)cc(F)c1)C(=O)O. The number of para-hydroxylation sites is 2. The number of aromatic nitrogens is 2. The zero-order valence-electron chi connectivity index (χ0n) is 27.2. The van der Waals surface area contributed by atoms with Gasteiger partial charge < -0.3 is 14.7 Å². The number of Topliss-reactive ketones (excluding diaryl/α,β-unsaturated/α-hetero) is 1. The highest BCUT2D eigenvalue weighted by Crippen LogP contribution is 2.57. The number of imidazole rings is 1. The van der Waals surface area contributed by atoms with Gasteiger partial charge in [-0.1, -0.05) is 56.5 Å². The molecular weight excluding hydrogens is 585 g/mol. The number of carboxylic acid groups (broad SMARTS) is 1. The van der Waals surface area contributed by atoms with Crippen molar-refractivity contribution in [2.24, 2.45) is 11.3 Å². The van der Waals surface area contributed by atoms with Gasteiger partial charge in [0.05, 0.1) is 29.0 Å². The lowest BCUT2D eigenvalue weighted by atomic mass is 9.92. The maximum atomic E-state index is 14.0. The molecule has 2 heterocycles. The molecule has 246 valence electrons. The number of likely N-dealkylation sites (tertiary alicyclic amines) is 1. The number of aliphatic carboxylic acids is 1. The molecule has 8 nitrogen and oxygen atoms in total. The van der Waals surface area contributed by atoms with Crippen LogP contribution >= 0.6 is 0 Å². The summed E-state index contributed by atoms with van der Waals surface area (Å²) < 4.78 is 22.3. The number of amides is 1. The second-order valence-electron chi connectivity index (χ2n) is 13.0. The molecule has 0 spiro atoms. The average Bonchev–Trinajstić information content (AvgIpc) is 3.36. The minimum absolute atomic E-state index is 0.0976. The van der Waals surface area contributed by atoms with Crippen LogP contribution in [-0.2, 0) is 27.3 Å². The van der Waals surface area contributed by atoms with Crippen LogP contribution in [0.25, 0.3) is 11.0 Å². The third-order valence-corrected chi connectivity index (χ3v) is 9.53. The lowest BCUT2D eigenvalue weighted by Crippen LogP contribution is -2.42. The lowest BCUT2D eigenvalue weighted by molar-refractivity contribution is -0.147. The first-order chi connectivity index (χ1) is 22.1. The van der Waals surface area contributed by atoms with Crippen molar-refractivity contribution in [1.82, 2.24) is 14.5 Å². The highest BCUT2D eigenvalue weighted by Gasteiger charge is 2.61. The van der Waals surface area contributed by atoms with Gasteiger partial charge in [-0.3, -0.25) is 19.0 Å². The Morgan fingerprint density at radius 1 is 1.13 bits per heavy atom. The Balaban J connectivity index is 1.32. The van der Waals surface area contributed by atoms with Crippen LogP contribution in [0.1, 0.15) is 82.8 Å². The van der Waals surface area contributed by atoms with E-state index in [0.29, 0.717) is 31.0 Å². The minimum Gasteiger partial charge on any atom is -0.481 e. The first-order valence-electron chi connectivity index (χ1n) is 16.8. The number of rotatable bonds is 16. The van der Waals surface area contributed by atoms with Crippen molar-refractivity contribution in [3.8, 4) is 6.01 Å². The van der Waals surface area contributed by atoms with Gasteiger partial charge >= 0.3 is 5.97 Å². The van der Waals surface area contributed by atoms with Gasteiger partial charge in [-0.15, -0.1) is 0 Å². The van der Waals surface area contributed by atoms with Crippen LogP contribution in [-0.4, -0.2) is 55.9 Å². The third kappa shape index (κ3) is 7.51. The monoisotopic (exact) mass is 631 g/mol. The van der Waals surface area contributed by atoms with E-state index in [1.807, 2.05) is 47.9 Å². The van der Waals surface area contributed by atoms with E-state index in [4.69, 9.17) is 4.74 Å². The van der Waals surface area contributed by atoms with E-state index in [1.165, 1.54) is 18.6 Å². The van der Waals surface area contributed by atoms with E-state index < -0.39 is 23.5 Å². The number of carboxylic acids is 1. The Morgan fingerprint density at radius 2 is 1.93 bits per heavy atom. The number of ether oxygens (including phenoxy) is 1. The summed E-state index contributed by atoms with van der Waals surface area (Å²) in [5.74, 6) is -2.01. The average molecular weight is 632 g/mol. The molecule has 1 amide bonds. The molecule has 4 atom stereocenters. The zero-order chi connectivity index (χ0) is 32.8. The van der Waals surface area contributed by atoms with Gasteiger partial charge in [0.15, 0.2) is 5.78 Å². The van der Waals surface area contributed by atoms with Gasteiger partial charge in [0.1, 0.15) is 11.9 Å². The second-order valence-corrected chi connectivity index (χ2v) is 13.0. The van der Waals surface area contributed by atoms with Crippen LogP contribution < -0.4 is 4.74 Å². The zero-order valence-corrected chi connectivity index (χ0v) is 27.2. The molecule has 1 saturated heterocycles. The third-order valence-electron chi connectivity index (χ3n) is 9.53. The van der Waals surface area contributed by atoms with E-state index in [1.54, 1.807) is 11.8 Å². The molecule has 2 fully saturated rings. The van der Waals surface area contributed by atoms with E-state index >= 15 is 0 Å². The largest absolute Gasteiger partial charge is 0.481 e.